The van der Waals surface area contributed by atoms with Gasteiger partial charge in [0.15, 0.2) is 11.5 Å². The number of nitrogens with one attached hydrogen (secondary N) is 1. The fraction of sp³-hybridized carbons (Fsp3) is 0.286. The van der Waals surface area contributed by atoms with E-state index in [1.807, 2.05) is 42.5 Å². The fourth-order valence-electron chi connectivity index (χ4n) is 3.61. The third-order valence-corrected chi connectivity index (χ3v) is 5.10. The van der Waals surface area contributed by atoms with Crippen LogP contribution in [0.2, 0.25) is 0 Å². The fourth-order valence-corrected chi connectivity index (χ4v) is 3.61. The molecule has 27 heavy (non-hydrogen) atoms. The number of para-hydroxylation sites is 1. The molecular formula is C21H22N2O4. The van der Waals surface area contributed by atoms with Crippen molar-refractivity contribution in [3.63, 3.8) is 0 Å². The summed E-state index contributed by atoms with van der Waals surface area (Å²) in [7, 11) is 1.35. The van der Waals surface area contributed by atoms with Gasteiger partial charge >= 0.3 is 5.97 Å². The Morgan fingerprint density at radius 3 is 2.81 bits per heavy atom. The molecule has 1 aromatic heterocycles. The Hall–Kier alpha value is -2.99. The van der Waals surface area contributed by atoms with Gasteiger partial charge in [0.05, 0.1) is 7.11 Å². The molecule has 1 aliphatic rings. The van der Waals surface area contributed by atoms with E-state index < -0.39 is 12.0 Å². The zero-order valence-corrected chi connectivity index (χ0v) is 15.3. The minimum absolute atomic E-state index is 0.0618. The Morgan fingerprint density at radius 1 is 1.22 bits per heavy atom. The molecule has 1 aliphatic heterocycles. The molecule has 0 bridgehead atoms. The maximum Gasteiger partial charge on any atom is 0.322 e. The second-order valence-corrected chi connectivity index (χ2v) is 6.73. The molecule has 0 saturated heterocycles. The summed E-state index contributed by atoms with van der Waals surface area (Å²) in [5, 5.41) is 1.07. The van der Waals surface area contributed by atoms with Gasteiger partial charge in [0.1, 0.15) is 6.04 Å². The van der Waals surface area contributed by atoms with E-state index in [0.29, 0.717) is 6.42 Å². The van der Waals surface area contributed by atoms with E-state index in [1.54, 1.807) is 0 Å². The highest BCUT2D eigenvalue weighted by Crippen LogP contribution is 2.38. The van der Waals surface area contributed by atoms with Crippen molar-refractivity contribution in [3.8, 4) is 11.5 Å². The standard InChI is InChI=1S/C21H22N2O4/c1-12(13-7-8-18-19(9-13)27-11-26-18)20-15(10-16(22)21(24)25-2)14-5-3-4-6-17(14)23-20/h3-9,12,16,23H,10-11,22H2,1-2H3. The first-order chi connectivity index (χ1) is 13.1. The Labute approximate surface area is 157 Å². The molecule has 6 heteroatoms. The number of aromatic amines is 1. The van der Waals surface area contributed by atoms with Crippen LogP contribution in [0, 0.1) is 0 Å². The van der Waals surface area contributed by atoms with Gasteiger partial charge < -0.3 is 24.9 Å². The lowest BCUT2D eigenvalue weighted by Crippen LogP contribution is -2.34. The summed E-state index contributed by atoms with van der Waals surface area (Å²) in [6.07, 6.45) is 0.404. The Kier molecular flexibility index (Phi) is 4.49. The van der Waals surface area contributed by atoms with Gasteiger partial charge in [0.25, 0.3) is 0 Å². The van der Waals surface area contributed by atoms with Gasteiger partial charge in [-0.3, -0.25) is 4.79 Å². The van der Waals surface area contributed by atoms with Crippen molar-refractivity contribution in [2.24, 2.45) is 5.73 Å². The van der Waals surface area contributed by atoms with Gasteiger partial charge in [0.2, 0.25) is 6.79 Å². The van der Waals surface area contributed by atoms with Gasteiger partial charge in [-0.2, -0.15) is 0 Å². The van der Waals surface area contributed by atoms with Crippen LogP contribution >= 0.6 is 0 Å². The quantitative estimate of drug-likeness (QED) is 0.678. The molecule has 0 saturated carbocycles. The molecule has 0 radical (unpaired) electrons. The SMILES string of the molecule is COC(=O)C(N)Cc1c(C(C)c2ccc3c(c2)OCO3)[nH]c2ccccc12. The molecule has 0 spiro atoms. The number of benzene rings is 2. The third-order valence-electron chi connectivity index (χ3n) is 5.10. The predicted octanol–water partition coefficient (Wildman–Crippen LogP) is 3.09. The van der Waals surface area contributed by atoms with E-state index in [9.17, 15) is 4.79 Å². The van der Waals surface area contributed by atoms with Gasteiger partial charge in [0, 0.05) is 28.9 Å². The zero-order chi connectivity index (χ0) is 19.0. The number of aromatic nitrogens is 1. The summed E-state index contributed by atoms with van der Waals surface area (Å²) in [5.41, 5.74) is 10.3. The molecule has 2 aromatic carbocycles. The van der Waals surface area contributed by atoms with E-state index in [-0.39, 0.29) is 12.7 Å². The number of carbonyl (C=O) groups is 1. The number of carbonyl (C=O) groups excluding carboxylic acids is 1. The maximum absolute atomic E-state index is 11.9. The third kappa shape index (κ3) is 3.13. The Morgan fingerprint density at radius 2 is 2.00 bits per heavy atom. The van der Waals surface area contributed by atoms with E-state index in [2.05, 4.69) is 11.9 Å². The number of rotatable bonds is 5. The van der Waals surface area contributed by atoms with Gasteiger partial charge in [-0.25, -0.2) is 0 Å². The predicted molar refractivity (Wildman–Crippen MR) is 102 cm³/mol. The highest BCUT2D eigenvalue weighted by molar-refractivity contribution is 5.86. The highest BCUT2D eigenvalue weighted by Gasteiger charge is 2.24. The first-order valence-electron chi connectivity index (χ1n) is 8.91. The van der Waals surface area contributed by atoms with Crippen LogP contribution in [0.15, 0.2) is 42.5 Å². The van der Waals surface area contributed by atoms with Crippen molar-refractivity contribution in [3.05, 3.63) is 59.3 Å². The summed E-state index contributed by atoms with van der Waals surface area (Å²) in [6, 6.07) is 13.3. The normalized spacial score (nSPS) is 14.9. The summed E-state index contributed by atoms with van der Waals surface area (Å²) < 4.78 is 15.7. The van der Waals surface area contributed by atoms with Gasteiger partial charge in [-0.15, -0.1) is 0 Å². The molecule has 0 amide bonds. The first-order valence-corrected chi connectivity index (χ1v) is 8.91. The molecular weight excluding hydrogens is 344 g/mol. The van der Waals surface area contributed by atoms with Gasteiger partial charge in [-0.05, 0) is 29.3 Å². The molecule has 2 unspecified atom stereocenters. The first kappa shape index (κ1) is 17.4. The van der Waals surface area contributed by atoms with Crippen LogP contribution in [0.1, 0.15) is 29.7 Å². The second-order valence-electron chi connectivity index (χ2n) is 6.73. The average Bonchev–Trinajstić information content (AvgIpc) is 3.31. The molecule has 3 aromatic rings. The number of esters is 1. The summed E-state index contributed by atoms with van der Waals surface area (Å²) >= 11 is 0. The highest BCUT2D eigenvalue weighted by atomic mass is 16.7. The number of hydrogen-bond donors (Lipinski definition) is 2. The van der Waals surface area contributed by atoms with Crippen LogP contribution in [-0.4, -0.2) is 30.9 Å². The number of methoxy groups -OCH3 is 1. The van der Waals surface area contributed by atoms with Crippen molar-refractivity contribution in [1.29, 1.82) is 0 Å². The van der Waals surface area contributed by atoms with Crippen molar-refractivity contribution in [2.75, 3.05) is 13.9 Å². The molecule has 4 rings (SSSR count). The zero-order valence-electron chi connectivity index (χ0n) is 15.3. The molecule has 2 heterocycles. The second kappa shape index (κ2) is 6.96. The lowest BCUT2D eigenvalue weighted by atomic mass is 9.91. The van der Waals surface area contributed by atoms with E-state index in [1.165, 1.54) is 7.11 Å². The monoisotopic (exact) mass is 366 g/mol. The van der Waals surface area contributed by atoms with Crippen molar-refractivity contribution in [1.82, 2.24) is 4.98 Å². The summed E-state index contributed by atoms with van der Waals surface area (Å²) in [5.74, 6) is 1.16. The van der Waals surface area contributed by atoms with E-state index in [4.69, 9.17) is 19.9 Å². The topological polar surface area (TPSA) is 86.6 Å². The van der Waals surface area contributed by atoms with E-state index in [0.717, 1.165) is 39.2 Å². The minimum atomic E-state index is -0.711. The number of ether oxygens (including phenoxy) is 3. The van der Waals surface area contributed by atoms with Crippen LogP contribution in [0.25, 0.3) is 10.9 Å². The number of hydrogen-bond acceptors (Lipinski definition) is 5. The average molecular weight is 366 g/mol. The van der Waals surface area contributed by atoms with Crippen molar-refractivity contribution < 1.29 is 19.0 Å². The molecule has 140 valence electrons. The number of nitrogens with two attached hydrogens (primary N) is 1. The summed E-state index contributed by atoms with van der Waals surface area (Å²) in [4.78, 5) is 15.4. The lowest BCUT2D eigenvalue weighted by molar-refractivity contribution is -0.142. The summed E-state index contributed by atoms with van der Waals surface area (Å²) in [6.45, 7) is 2.37. The van der Waals surface area contributed by atoms with Crippen LogP contribution in [0.3, 0.4) is 0 Å². The molecule has 6 nitrogen and oxygen atoms in total. The molecule has 0 aliphatic carbocycles. The Bertz CT molecular complexity index is 995. The number of H-pyrrole nitrogens is 1. The van der Waals surface area contributed by atoms with Gasteiger partial charge in [-0.1, -0.05) is 31.2 Å². The van der Waals surface area contributed by atoms with Crippen LogP contribution in [0.5, 0.6) is 11.5 Å². The maximum atomic E-state index is 11.9. The molecule has 3 N–H and O–H groups in total. The van der Waals surface area contributed by atoms with Crippen molar-refractivity contribution >= 4 is 16.9 Å². The van der Waals surface area contributed by atoms with Crippen LogP contribution < -0.4 is 15.2 Å². The molecule has 0 fully saturated rings. The minimum Gasteiger partial charge on any atom is -0.468 e. The number of fused-ring (bicyclic) bond motifs is 2. The Balaban J connectivity index is 1.76. The smallest absolute Gasteiger partial charge is 0.322 e. The largest absolute Gasteiger partial charge is 0.468 e. The van der Waals surface area contributed by atoms with Crippen molar-refractivity contribution in [2.45, 2.75) is 25.3 Å². The van der Waals surface area contributed by atoms with Crippen LogP contribution in [-0.2, 0) is 16.0 Å². The van der Waals surface area contributed by atoms with E-state index >= 15 is 0 Å². The lowest BCUT2D eigenvalue weighted by Gasteiger charge is -2.16. The molecule has 2 atom stereocenters. The van der Waals surface area contributed by atoms with Crippen LogP contribution in [0.4, 0.5) is 0 Å².